The molecule has 0 radical (unpaired) electrons. The van der Waals surface area contributed by atoms with E-state index in [1.54, 1.807) is 0 Å². The number of fused-ring (bicyclic) bond motifs is 3. The Morgan fingerprint density at radius 2 is 2.29 bits per heavy atom. The van der Waals surface area contributed by atoms with Crippen molar-refractivity contribution in [3.05, 3.63) is 23.4 Å². The Hall–Kier alpha value is -1.64. The molecule has 0 saturated heterocycles. The van der Waals surface area contributed by atoms with E-state index in [1.165, 1.54) is 22.2 Å². The standard InChI is InChI=1S/C14H18N2O/c1-4-9-7-16(3)10-5-11(17)14-12(13(9)10)8(2)6-15-14/h5-6,9,15,17H,4,7H2,1-3H3. The molecule has 1 aromatic carbocycles. The van der Waals surface area contributed by atoms with Crippen molar-refractivity contribution in [2.24, 2.45) is 0 Å². The number of nitrogens with zero attached hydrogens (tertiary/aromatic N) is 1. The maximum absolute atomic E-state index is 10.1. The minimum Gasteiger partial charge on any atom is -0.506 e. The highest BCUT2D eigenvalue weighted by Gasteiger charge is 2.29. The third-order valence-electron chi connectivity index (χ3n) is 3.96. The van der Waals surface area contributed by atoms with E-state index in [-0.39, 0.29) is 0 Å². The summed E-state index contributed by atoms with van der Waals surface area (Å²) in [5.74, 6) is 0.933. The lowest BCUT2D eigenvalue weighted by Gasteiger charge is -2.12. The molecular formula is C14H18N2O. The van der Waals surface area contributed by atoms with E-state index in [4.69, 9.17) is 0 Å². The van der Waals surface area contributed by atoms with E-state index in [1.807, 2.05) is 12.3 Å². The van der Waals surface area contributed by atoms with Crippen LogP contribution in [0.3, 0.4) is 0 Å². The summed E-state index contributed by atoms with van der Waals surface area (Å²) in [7, 11) is 2.10. The van der Waals surface area contributed by atoms with E-state index >= 15 is 0 Å². The first-order valence-corrected chi connectivity index (χ1v) is 6.18. The largest absolute Gasteiger partial charge is 0.506 e. The number of benzene rings is 1. The van der Waals surface area contributed by atoms with Gasteiger partial charge in [0, 0.05) is 42.8 Å². The molecule has 3 nitrogen and oxygen atoms in total. The van der Waals surface area contributed by atoms with Crippen molar-refractivity contribution in [2.45, 2.75) is 26.2 Å². The van der Waals surface area contributed by atoms with Gasteiger partial charge in [0.2, 0.25) is 0 Å². The quantitative estimate of drug-likeness (QED) is 0.790. The van der Waals surface area contributed by atoms with E-state index in [2.05, 4.69) is 30.8 Å². The van der Waals surface area contributed by atoms with Crippen molar-refractivity contribution in [1.82, 2.24) is 4.98 Å². The molecule has 0 bridgehead atoms. The van der Waals surface area contributed by atoms with Gasteiger partial charge in [-0.05, 0) is 24.5 Å². The second-order valence-corrected chi connectivity index (χ2v) is 5.04. The number of aromatic amines is 1. The fourth-order valence-corrected chi connectivity index (χ4v) is 3.06. The van der Waals surface area contributed by atoms with Crippen LogP contribution in [0.1, 0.15) is 30.4 Å². The van der Waals surface area contributed by atoms with Crippen LogP contribution in [0.25, 0.3) is 10.9 Å². The molecule has 1 aliphatic rings. The number of aromatic nitrogens is 1. The van der Waals surface area contributed by atoms with Crippen LogP contribution in [0.4, 0.5) is 5.69 Å². The van der Waals surface area contributed by atoms with Crippen molar-refractivity contribution in [1.29, 1.82) is 0 Å². The Kier molecular flexibility index (Phi) is 2.12. The number of phenolic OH excluding ortho intramolecular Hbond substituents is 1. The summed E-state index contributed by atoms with van der Waals surface area (Å²) < 4.78 is 0. The minimum absolute atomic E-state index is 0.357. The number of nitrogens with one attached hydrogen (secondary N) is 1. The predicted molar refractivity (Wildman–Crippen MR) is 71.0 cm³/mol. The summed E-state index contributed by atoms with van der Waals surface area (Å²) in [6.45, 7) is 5.38. The van der Waals surface area contributed by atoms with E-state index < -0.39 is 0 Å². The predicted octanol–water partition coefficient (Wildman–Crippen LogP) is 3.13. The maximum atomic E-state index is 10.1. The van der Waals surface area contributed by atoms with Crippen LogP contribution in [0.5, 0.6) is 5.75 Å². The van der Waals surface area contributed by atoms with Gasteiger partial charge in [0.1, 0.15) is 5.75 Å². The number of hydrogen-bond donors (Lipinski definition) is 2. The number of likely N-dealkylation sites (N-methyl/N-ethyl adjacent to an activating group) is 1. The highest BCUT2D eigenvalue weighted by atomic mass is 16.3. The SMILES string of the molecule is CCC1CN(C)c2cc(O)c3[nH]cc(C)c3c21. The van der Waals surface area contributed by atoms with Crippen molar-refractivity contribution in [2.75, 3.05) is 18.5 Å². The summed E-state index contributed by atoms with van der Waals surface area (Å²) in [6.07, 6.45) is 3.12. The molecule has 0 saturated carbocycles. The van der Waals surface area contributed by atoms with E-state index in [0.29, 0.717) is 11.7 Å². The van der Waals surface area contributed by atoms with Gasteiger partial charge in [-0.1, -0.05) is 6.92 Å². The first kappa shape index (κ1) is 10.5. The molecule has 0 spiro atoms. The van der Waals surface area contributed by atoms with Crippen LogP contribution in [0, 0.1) is 6.92 Å². The lowest BCUT2D eigenvalue weighted by atomic mass is 9.93. The zero-order chi connectivity index (χ0) is 12.2. The highest BCUT2D eigenvalue weighted by Crippen LogP contribution is 2.45. The normalized spacial score (nSPS) is 19.0. The number of hydrogen-bond acceptors (Lipinski definition) is 2. The minimum atomic E-state index is 0.357. The average Bonchev–Trinajstić information content (AvgIpc) is 2.82. The molecule has 2 N–H and O–H groups in total. The first-order chi connectivity index (χ1) is 8.13. The molecule has 0 amide bonds. The number of phenols is 1. The van der Waals surface area contributed by atoms with Gasteiger partial charge < -0.3 is 15.0 Å². The monoisotopic (exact) mass is 230 g/mol. The molecule has 1 unspecified atom stereocenters. The summed E-state index contributed by atoms with van der Waals surface area (Å²) in [4.78, 5) is 5.42. The number of H-pyrrole nitrogens is 1. The van der Waals surface area contributed by atoms with Crippen LogP contribution in [0.15, 0.2) is 12.3 Å². The van der Waals surface area contributed by atoms with Gasteiger partial charge in [0.25, 0.3) is 0 Å². The first-order valence-electron chi connectivity index (χ1n) is 6.18. The number of aromatic hydroxyl groups is 1. The Labute approximate surface area is 101 Å². The van der Waals surface area contributed by atoms with Gasteiger partial charge in [-0.2, -0.15) is 0 Å². The highest BCUT2D eigenvalue weighted by molar-refractivity contribution is 5.96. The molecule has 1 aromatic heterocycles. The molecule has 2 heterocycles. The molecule has 2 aromatic rings. The van der Waals surface area contributed by atoms with Gasteiger partial charge in [-0.15, -0.1) is 0 Å². The van der Waals surface area contributed by atoms with Crippen LogP contribution < -0.4 is 4.90 Å². The van der Waals surface area contributed by atoms with Crippen molar-refractivity contribution in [3.63, 3.8) is 0 Å². The van der Waals surface area contributed by atoms with E-state index in [9.17, 15) is 5.11 Å². The Balaban J connectivity index is 2.41. The van der Waals surface area contributed by atoms with Gasteiger partial charge in [0.05, 0.1) is 5.52 Å². The van der Waals surface area contributed by atoms with Gasteiger partial charge in [-0.25, -0.2) is 0 Å². The number of rotatable bonds is 1. The average molecular weight is 230 g/mol. The second-order valence-electron chi connectivity index (χ2n) is 5.04. The van der Waals surface area contributed by atoms with Crippen LogP contribution in [-0.2, 0) is 0 Å². The lowest BCUT2D eigenvalue weighted by Crippen LogP contribution is -2.14. The number of aryl methyl sites for hydroxylation is 1. The maximum Gasteiger partial charge on any atom is 0.141 e. The molecule has 1 atom stereocenters. The molecular weight excluding hydrogens is 212 g/mol. The van der Waals surface area contributed by atoms with Crippen molar-refractivity contribution in [3.8, 4) is 5.75 Å². The zero-order valence-corrected chi connectivity index (χ0v) is 10.5. The molecule has 3 rings (SSSR count). The molecule has 1 aliphatic heterocycles. The summed E-state index contributed by atoms with van der Waals surface area (Å²) in [6, 6.07) is 1.89. The lowest BCUT2D eigenvalue weighted by molar-refractivity contribution is 0.480. The van der Waals surface area contributed by atoms with Gasteiger partial charge >= 0.3 is 0 Å². The Bertz CT molecular complexity index is 585. The third kappa shape index (κ3) is 1.28. The van der Waals surface area contributed by atoms with E-state index in [0.717, 1.165) is 18.5 Å². The molecule has 90 valence electrons. The molecule has 3 heteroatoms. The second kappa shape index (κ2) is 3.42. The summed E-state index contributed by atoms with van der Waals surface area (Å²) >= 11 is 0. The fraction of sp³-hybridized carbons (Fsp3) is 0.429. The van der Waals surface area contributed by atoms with Crippen LogP contribution >= 0.6 is 0 Å². The van der Waals surface area contributed by atoms with Crippen molar-refractivity contribution >= 4 is 16.6 Å². The molecule has 17 heavy (non-hydrogen) atoms. The third-order valence-corrected chi connectivity index (χ3v) is 3.96. The molecule has 0 aliphatic carbocycles. The topological polar surface area (TPSA) is 39.3 Å². The Morgan fingerprint density at radius 1 is 1.53 bits per heavy atom. The summed E-state index contributed by atoms with van der Waals surface area (Å²) in [5, 5.41) is 11.3. The van der Waals surface area contributed by atoms with Crippen LogP contribution in [-0.4, -0.2) is 23.7 Å². The zero-order valence-electron chi connectivity index (χ0n) is 10.5. The number of anilines is 1. The van der Waals surface area contributed by atoms with Crippen molar-refractivity contribution < 1.29 is 5.11 Å². The molecule has 0 fully saturated rings. The van der Waals surface area contributed by atoms with Crippen LogP contribution in [0.2, 0.25) is 0 Å². The van der Waals surface area contributed by atoms with Gasteiger partial charge in [0.15, 0.2) is 0 Å². The smallest absolute Gasteiger partial charge is 0.141 e. The summed E-state index contributed by atoms with van der Waals surface area (Å²) in [5.41, 5.74) is 4.70. The fourth-order valence-electron chi connectivity index (χ4n) is 3.06. The Morgan fingerprint density at radius 3 is 3.00 bits per heavy atom. The van der Waals surface area contributed by atoms with Gasteiger partial charge in [-0.3, -0.25) is 0 Å².